The van der Waals surface area contributed by atoms with Crippen LogP contribution in [0.2, 0.25) is 0 Å². The fraction of sp³-hybridized carbons (Fsp3) is 0.600. The van der Waals surface area contributed by atoms with Crippen LogP contribution in [0.5, 0.6) is 5.88 Å². The van der Waals surface area contributed by atoms with Crippen LogP contribution in [0.4, 0.5) is 0 Å². The zero-order chi connectivity index (χ0) is 9.97. The van der Waals surface area contributed by atoms with Gasteiger partial charge in [0.2, 0.25) is 5.88 Å². The SMILES string of the molecule is COc1cncc(CC(Br)C2CC2)n1. The Morgan fingerprint density at radius 1 is 1.57 bits per heavy atom. The van der Waals surface area contributed by atoms with E-state index in [1.165, 1.54) is 12.8 Å². The minimum atomic E-state index is 0.545. The van der Waals surface area contributed by atoms with E-state index in [-0.39, 0.29) is 0 Å². The average Bonchev–Trinajstić information content (AvgIpc) is 3.01. The van der Waals surface area contributed by atoms with Crippen molar-refractivity contribution in [2.24, 2.45) is 5.92 Å². The van der Waals surface area contributed by atoms with Gasteiger partial charge in [0.05, 0.1) is 19.0 Å². The molecule has 1 fully saturated rings. The monoisotopic (exact) mass is 256 g/mol. The second-order valence-electron chi connectivity index (χ2n) is 3.61. The quantitative estimate of drug-likeness (QED) is 0.775. The Kier molecular flexibility index (Phi) is 3.01. The van der Waals surface area contributed by atoms with Crippen LogP contribution in [0.15, 0.2) is 12.4 Å². The predicted molar refractivity (Wildman–Crippen MR) is 57.7 cm³/mol. The molecule has 0 bridgehead atoms. The number of hydrogen-bond acceptors (Lipinski definition) is 3. The zero-order valence-electron chi connectivity index (χ0n) is 8.11. The number of nitrogens with zero attached hydrogens (tertiary/aromatic N) is 2. The summed E-state index contributed by atoms with van der Waals surface area (Å²) in [6, 6.07) is 0. The van der Waals surface area contributed by atoms with Crippen molar-refractivity contribution in [3.63, 3.8) is 0 Å². The molecule has 1 heterocycles. The summed E-state index contributed by atoms with van der Waals surface area (Å²) in [5, 5.41) is 0. The molecule has 1 unspecified atom stereocenters. The summed E-state index contributed by atoms with van der Waals surface area (Å²) in [6.45, 7) is 0. The van der Waals surface area contributed by atoms with Crippen molar-refractivity contribution in [3.05, 3.63) is 18.1 Å². The molecule has 1 saturated carbocycles. The lowest BCUT2D eigenvalue weighted by Crippen LogP contribution is -2.07. The van der Waals surface area contributed by atoms with Crippen molar-refractivity contribution in [1.29, 1.82) is 0 Å². The molecule has 3 nitrogen and oxygen atoms in total. The van der Waals surface area contributed by atoms with Crippen molar-refractivity contribution in [1.82, 2.24) is 9.97 Å². The number of halogens is 1. The Bertz CT molecular complexity index is 315. The van der Waals surface area contributed by atoms with Crippen LogP contribution in [0, 0.1) is 5.92 Å². The minimum absolute atomic E-state index is 0.545. The first-order valence-corrected chi connectivity index (χ1v) is 5.70. The molecule has 0 amide bonds. The Labute approximate surface area is 92.0 Å². The lowest BCUT2D eigenvalue weighted by Gasteiger charge is -2.07. The maximum Gasteiger partial charge on any atom is 0.232 e. The van der Waals surface area contributed by atoms with E-state index in [0.717, 1.165) is 18.0 Å². The van der Waals surface area contributed by atoms with E-state index in [2.05, 4.69) is 25.9 Å². The molecule has 14 heavy (non-hydrogen) atoms. The molecular formula is C10H13BrN2O. The Morgan fingerprint density at radius 3 is 3.00 bits per heavy atom. The van der Waals surface area contributed by atoms with Crippen LogP contribution in [0.3, 0.4) is 0 Å². The smallest absolute Gasteiger partial charge is 0.232 e. The number of rotatable bonds is 4. The van der Waals surface area contributed by atoms with Gasteiger partial charge in [-0.25, -0.2) is 4.98 Å². The van der Waals surface area contributed by atoms with Crippen LogP contribution >= 0.6 is 15.9 Å². The molecule has 1 aromatic heterocycles. The molecule has 0 saturated heterocycles. The van der Waals surface area contributed by atoms with Crippen LogP contribution < -0.4 is 4.74 Å². The van der Waals surface area contributed by atoms with Crippen molar-refractivity contribution >= 4 is 15.9 Å². The number of ether oxygens (including phenoxy) is 1. The third-order valence-electron chi connectivity index (χ3n) is 2.41. The molecule has 1 aromatic rings. The molecule has 1 atom stereocenters. The third kappa shape index (κ3) is 2.44. The summed E-state index contributed by atoms with van der Waals surface area (Å²) in [5.41, 5.74) is 0.998. The number of aromatic nitrogens is 2. The molecular weight excluding hydrogens is 244 g/mol. The van der Waals surface area contributed by atoms with E-state index in [0.29, 0.717) is 10.7 Å². The lowest BCUT2D eigenvalue weighted by molar-refractivity contribution is 0.393. The standard InChI is InChI=1S/C10H13BrN2O/c1-14-10-6-12-5-8(13-10)4-9(11)7-2-3-7/h5-7,9H,2-4H2,1H3. The Hall–Kier alpha value is -0.640. The molecule has 4 heteroatoms. The second-order valence-corrected chi connectivity index (χ2v) is 4.79. The van der Waals surface area contributed by atoms with Crippen molar-refractivity contribution < 1.29 is 4.74 Å². The lowest BCUT2D eigenvalue weighted by atomic mass is 10.2. The molecule has 2 rings (SSSR count). The molecule has 0 aromatic carbocycles. The molecule has 0 spiro atoms. The topological polar surface area (TPSA) is 35.0 Å². The fourth-order valence-corrected chi connectivity index (χ4v) is 2.27. The van der Waals surface area contributed by atoms with E-state index < -0.39 is 0 Å². The minimum Gasteiger partial charge on any atom is -0.480 e. The fourth-order valence-electron chi connectivity index (χ4n) is 1.41. The summed E-state index contributed by atoms with van der Waals surface area (Å²) in [6.07, 6.45) is 7.05. The Balaban J connectivity index is 2.00. The van der Waals surface area contributed by atoms with Gasteiger partial charge in [0.25, 0.3) is 0 Å². The number of hydrogen-bond donors (Lipinski definition) is 0. The highest BCUT2D eigenvalue weighted by Crippen LogP contribution is 2.37. The van der Waals surface area contributed by atoms with Crippen LogP contribution in [0.1, 0.15) is 18.5 Å². The van der Waals surface area contributed by atoms with E-state index in [1.807, 2.05) is 0 Å². The molecule has 1 aliphatic rings. The van der Waals surface area contributed by atoms with E-state index in [4.69, 9.17) is 4.74 Å². The first-order valence-electron chi connectivity index (χ1n) is 4.78. The van der Waals surface area contributed by atoms with E-state index >= 15 is 0 Å². The highest BCUT2D eigenvalue weighted by molar-refractivity contribution is 9.09. The van der Waals surface area contributed by atoms with Crippen molar-refractivity contribution in [2.75, 3.05) is 7.11 Å². The normalized spacial score (nSPS) is 17.9. The maximum absolute atomic E-state index is 5.02. The van der Waals surface area contributed by atoms with E-state index in [1.54, 1.807) is 19.5 Å². The van der Waals surface area contributed by atoms with Gasteiger partial charge < -0.3 is 4.74 Å². The van der Waals surface area contributed by atoms with Gasteiger partial charge in [-0.15, -0.1) is 0 Å². The third-order valence-corrected chi connectivity index (χ3v) is 3.48. The molecule has 1 aliphatic carbocycles. The number of methoxy groups -OCH3 is 1. The average molecular weight is 257 g/mol. The molecule has 76 valence electrons. The molecule has 0 aliphatic heterocycles. The van der Waals surface area contributed by atoms with Gasteiger partial charge in [-0.05, 0) is 18.8 Å². The van der Waals surface area contributed by atoms with Crippen LogP contribution in [0.25, 0.3) is 0 Å². The highest BCUT2D eigenvalue weighted by atomic mass is 79.9. The first kappa shape index (κ1) is 9.90. The van der Waals surface area contributed by atoms with Gasteiger partial charge >= 0.3 is 0 Å². The van der Waals surface area contributed by atoms with Crippen LogP contribution in [-0.2, 0) is 6.42 Å². The van der Waals surface area contributed by atoms with Gasteiger partial charge in [-0.1, -0.05) is 15.9 Å². The van der Waals surface area contributed by atoms with Gasteiger partial charge in [0.1, 0.15) is 0 Å². The van der Waals surface area contributed by atoms with Gasteiger partial charge in [0, 0.05) is 17.4 Å². The predicted octanol–water partition coefficient (Wildman–Crippen LogP) is 2.20. The zero-order valence-corrected chi connectivity index (χ0v) is 9.70. The van der Waals surface area contributed by atoms with Gasteiger partial charge in [-0.2, -0.15) is 0 Å². The molecule has 0 N–H and O–H groups in total. The number of alkyl halides is 1. The highest BCUT2D eigenvalue weighted by Gasteiger charge is 2.29. The molecule has 0 radical (unpaired) electrons. The summed E-state index contributed by atoms with van der Waals surface area (Å²) < 4.78 is 5.02. The Morgan fingerprint density at radius 2 is 2.36 bits per heavy atom. The van der Waals surface area contributed by atoms with Gasteiger partial charge in [0.15, 0.2) is 0 Å². The second kappa shape index (κ2) is 4.26. The summed E-state index contributed by atoms with van der Waals surface area (Å²) in [7, 11) is 1.61. The van der Waals surface area contributed by atoms with Crippen molar-refractivity contribution in [3.8, 4) is 5.88 Å². The van der Waals surface area contributed by atoms with E-state index in [9.17, 15) is 0 Å². The first-order chi connectivity index (χ1) is 6.79. The van der Waals surface area contributed by atoms with Gasteiger partial charge in [-0.3, -0.25) is 4.98 Å². The van der Waals surface area contributed by atoms with Crippen LogP contribution in [-0.4, -0.2) is 21.9 Å². The summed E-state index contributed by atoms with van der Waals surface area (Å²) >= 11 is 3.68. The largest absolute Gasteiger partial charge is 0.480 e. The maximum atomic E-state index is 5.02. The summed E-state index contributed by atoms with van der Waals surface area (Å²) in [4.78, 5) is 8.95. The van der Waals surface area contributed by atoms with Crippen molar-refractivity contribution in [2.45, 2.75) is 24.1 Å². The summed E-state index contributed by atoms with van der Waals surface area (Å²) in [5.74, 6) is 1.43.